The first-order valence-corrected chi connectivity index (χ1v) is 6.18. The van der Waals surface area contributed by atoms with Crippen LogP contribution in [0.15, 0.2) is 4.52 Å². The third kappa shape index (κ3) is 3.93. The van der Waals surface area contributed by atoms with Crippen LogP contribution in [0.25, 0.3) is 0 Å². The highest BCUT2D eigenvalue weighted by Gasteiger charge is 2.14. The first-order valence-electron chi connectivity index (χ1n) is 6.18. The van der Waals surface area contributed by atoms with Crippen molar-refractivity contribution < 1.29 is 4.52 Å². The van der Waals surface area contributed by atoms with Gasteiger partial charge in [0.25, 0.3) is 0 Å². The summed E-state index contributed by atoms with van der Waals surface area (Å²) in [6.45, 7) is 7.27. The molecule has 0 aromatic carbocycles. The monoisotopic (exact) mass is 225 g/mol. The standard InChI is InChI=1S/C12H23N3O/c1-4-11-14-12(16-15-11)6-5-10(7-8-13)9(2)3/h9-10H,4-8,13H2,1-3H3. The second kappa shape index (κ2) is 6.63. The fraction of sp³-hybridized carbons (Fsp3) is 0.833. The molecule has 1 aromatic heterocycles. The minimum Gasteiger partial charge on any atom is -0.339 e. The van der Waals surface area contributed by atoms with E-state index in [1.807, 2.05) is 6.92 Å². The molecule has 1 aromatic rings. The Hall–Kier alpha value is -0.900. The molecule has 0 radical (unpaired) electrons. The van der Waals surface area contributed by atoms with Crippen molar-refractivity contribution in [2.75, 3.05) is 6.54 Å². The number of hydrogen-bond acceptors (Lipinski definition) is 4. The second-order valence-corrected chi connectivity index (χ2v) is 4.58. The van der Waals surface area contributed by atoms with E-state index >= 15 is 0 Å². The van der Waals surface area contributed by atoms with E-state index in [9.17, 15) is 0 Å². The summed E-state index contributed by atoms with van der Waals surface area (Å²) in [5, 5.41) is 3.89. The maximum atomic E-state index is 5.61. The van der Waals surface area contributed by atoms with Crippen molar-refractivity contribution >= 4 is 0 Å². The summed E-state index contributed by atoms with van der Waals surface area (Å²) in [5.41, 5.74) is 5.61. The highest BCUT2D eigenvalue weighted by Crippen LogP contribution is 2.20. The maximum absolute atomic E-state index is 5.61. The van der Waals surface area contributed by atoms with Gasteiger partial charge < -0.3 is 10.3 Å². The molecule has 2 N–H and O–H groups in total. The number of aromatic nitrogens is 2. The summed E-state index contributed by atoms with van der Waals surface area (Å²) in [5.74, 6) is 2.88. The predicted molar refractivity (Wildman–Crippen MR) is 64.0 cm³/mol. The molecule has 0 amide bonds. The lowest BCUT2D eigenvalue weighted by Crippen LogP contribution is -2.15. The Labute approximate surface area is 97.6 Å². The first kappa shape index (κ1) is 13.2. The number of rotatable bonds is 7. The van der Waals surface area contributed by atoms with Crippen molar-refractivity contribution in [1.82, 2.24) is 10.1 Å². The normalized spacial score (nSPS) is 13.3. The smallest absolute Gasteiger partial charge is 0.226 e. The Morgan fingerprint density at radius 2 is 2.06 bits per heavy atom. The van der Waals surface area contributed by atoms with Gasteiger partial charge in [0.05, 0.1) is 0 Å². The lowest BCUT2D eigenvalue weighted by atomic mass is 9.88. The highest BCUT2D eigenvalue weighted by molar-refractivity contribution is 4.86. The fourth-order valence-electron chi connectivity index (χ4n) is 1.87. The molecule has 4 heteroatoms. The Balaban J connectivity index is 2.42. The van der Waals surface area contributed by atoms with Crippen LogP contribution in [-0.4, -0.2) is 16.7 Å². The van der Waals surface area contributed by atoms with E-state index in [1.54, 1.807) is 0 Å². The highest BCUT2D eigenvalue weighted by atomic mass is 16.5. The van der Waals surface area contributed by atoms with E-state index in [0.29, 0.717) is 11.8 Å². The van der Waals surface area contributed by atoms with Gasteiger partial charge >= 0.3 is 0 Å². The Kier molecular flexibility index (Phi) is 5.46. The molecule has 0 saturated heterocycles. The van der Waals surface area contributed by atoms with E-state index in [1.165, 1.54) is 0 Å². The summed E-state index contributed by atoms with van der Waals surface area (Å²) < 4.78 is 5.17. The molecule has 0 aliphatic rings. The van der Waals surface area contributed by atoms with Crippen molar-refractivity contribution in [2.45, 2.75) is 46.5 Å². The van der Waals surface area contributed by atoms with Crippen molar-refractivity contribution in [3.8, 4) is 0 Å². The third-order valence-electron chi connectivity index (χ3n) is 3.04. The summed E-state index contributed by atoms with van der Waals surface area (Å²) in [4.78, 5) is 4.31. The van der Waals surface area contributed by atoms with Gasteiger partial charge in [0.15, 0.2) is 5.82 Å². The second-order valence-electron chi connectivity index (χ2n) is 4.58. The van der Waals surface area contributed by atoms with Crippen LogP contribution in [0, 0.1) is 11.8 Å². The molecule has 16 heavy (non-hydrogen) atoms. The van der Waals surface area contributed by atoms with Crippen molar-refractivity contribution in [2.24, 2.45) is 17.6 Å². The van der Waals surface area contributed by atoms with Crippen LogP contribution in [0.4, 0.5) is 0 Å². The molecule has 0 saturated carbocycles. The lowest BCUT2D eigenvalue weighted by Gasteiger charge is -2.18. The summed E-state index contributed by atoms with van der Waals surface area (Å²) in [6.07, 6.45) is 3.86. The first-order chi connectivity index (χ1) is 7.67. The van der Waals surface area contributed by atoms with Crippen molar-refractivity contribution in [1.29, 1.82) is 0 Å². The van der Waals surface area contributed by atoms with E-state index in [0.717, 1.165) is 43.9 Å². The van der Waals surface area contributed by atoms with Crippen LogP contribution in [0.5, 0.6) is 0 Å². The van der Waals surface area contributed by atoms with Crippen LogP contribution in [0.1, 0.15) is 45.3 Å². The van der Waals surface area contributed by atoms with Gasteiger partial charge in [0.1, 0.15) is 0 Å². The topological polar surface area (TPSA) is 64.9 Å². The average molecular weight is 225 g/mol. The van der Waals surface area contributed by atoms with Gasteiger partial charge in [-0.2, -0.15) is 4.98 Å². The van der Waals surface area contributed by atoms with E-state index in [4.69, 9.17) is 10.3 Å². The largest absolute Gasteiger partial charge is 0.339 e. The molecular formula is C12H23N3O. The molecule has 4 nitrogen and oxygen atoms in total. The molecule has 0 aliphatic heterocycles. The minimum atomic E-state index is 0.655. The molecule has 0 aliphatic carbocycles. The number of nitrogens with zero attached hydrogens (tertiary/aromatic N) is 2. The van der Waals surface area contributed by atoms with Crippen LogP contribution >= 0.6 is 0 Å². The zero-order chi connectivity index (χ0) is 12.0. The number of aryl methyl sites for hydroxylation is 2. The van der Waals surface area contributed by atoms with Gasteiger partial charge in [-0.15, -0.1) is 0 Å². The van der Waals surface area contributed by atoms with E-state index < -0.39 is 0 Å². The third-order valence-corrected chi connectivity index (χ3v) is 3.04. The minimum absolute atomic E-state index is 0.655. The predicted octanol–water partition coefficient (Wildman–Crippen LogP) is 2.19. The summed E-state index contributed by atoms with van der Waals surface area (Å²) in [7, 11) is 0. The number of hydrogen-bond donors (Lipinski definition) is 1. The fourth-order valence-corrected chi connectivity index (χ4v) is 1.87. The van der Waals surface area contributed by atoms with Crippen molar-refractivity contribution in [3.63, 3.8) is 0 Å². The maximum Gasteiger partial charge on any atom is 0.226 e. The molecule has 92 valence electrons. The quantitative estimate of drug-likeness (QED) is 0.772. The van der Waals surface area contributed by atoms with E-state index in [2.05, 4.69) is 24.0 Å². The van der Waals surface area contributed by atoms with Gasteiger partial charge in [-0.25, -0.2) is 0 Å². The molecule has 0 bridgehead atoms. The Morgan fingerprint density at radius 1 is 1.31 bits per heavy atom. The molecular weight excluding hydrogens is 202 g/mol. The zero-order valence-electron chi connectivity index (χ0n) is 10.6. The van der Waals surface area contributed by atoms with E-state index in [-0.39, 0.29) is 0 Å². The lowest BCUT2D eigenvalue weighted by molar-refractivity contribution is 0.313. The van der Waals surface area contributed by atoms with Gasteiger partial charge in [-0.05, 0) is 31.2 Å². The van der Waals surface area contributed by atoms with Crippen molar-refractivity contribution in [3.05, 3.63) is 11.7 Å². The van der Waals surface area contributed by atoms with Gasteiger partial charge in [-0.1, -0.05) is 25.9 Å². The Bertz CT molecular complexity index is 296. The Morgan fingerprint density at radius 3 is 2.56 bits per heavy atom. The molecule has 1 unspecified atom stereocenters. The molecule has 1 atom stereocenters. The van der Waals surface area contributed by atoms with Gasteiger partial charge in [0, 0.05) is 12.8 Å². The van der Waals surface area contributed by atoms with Crippen LogP contribution < -0.4 is 5.73 Å². The SMILES string of the molecule is CCc1noc(CCC(CCN)C(C)C)n1. The number of nitrogens with two attached hydrogens (primary N) is 1. The molecule has 1 rings (SSSR count). The zero-order valence-corrected chi connectivity index (χ0v) is 10.6. The molecule has 0 fully saturated rings. The summed E-state index contributed by atoms with van der Waals surface area (Å²) in [6, 6.07) is 0. The molecule has 1 heterocycles. The van der Waals surface area contributed by atoms with Gasteiger partial charge in [-0.3, -0.25) is 0 Å². The van der Waals surface area contributed by atoms with Gasteiger partial charge in [0.2, 0.25) is 5.89 Å². The van der Waals surface area contributed by atoms with Crippen LogP contribution in [0.2, 0.25) is 0 Å². The van der Waals surface area contributed by atoms with Crippen LogP contribution in [-0.2, 0) is 12.8 Å². The van der Waals surface area contributed by atoms with Crippen LogP contribution in [0.3, 0.4) is 0 Å². The average Bonchev–Trinajstić information content (AvgIpc) is 2.71. The summed E-state index contributed by atoms with van der Waals surface area (Å²) >= 11 is 0. The molecule has 0 spiro atoms.